The van der Waals surface area contributed by atoms with Crippen LogP contribution in [0.15, 0.2) is 54.6 Å². The maximum atomic E-state index is 13.8. The van der Waals surface area contributed by atoms with Gasteiger partial charge in [0.25, 0.3) is 0 Å². The van der Waals surface area contributed by atoms with Crippen LogP contribution in [0.4, 0.5) is 10.5 Å². The summed E-state index contributed by atoms with van der Waals surface area (Å²) in [5.74, 6) is -0.477. The number of benzene rings is 2. The number of ether oxygens (including phenoxy) is 3. The summed E-state index contributed by atoms with van der Waals surface area (Å²) in [5.41, 5.74) is 1.73. The van der Waals surface area contributed by atoms with E-state index in [2.05, 4.69) is 6.92 Å². The Labute approximate surface area is 236 Å². The Kier molecular flexibility index (Phi) is 10.0. The van der Waals surface area contributed by atoms with Crippen LogP contribution in [0, 0.1) is 11.8 Å². The first kappa shape index (κ1) is 29.4. The number of hydrogen-bond donors (Lipinski definition) is 1. The third-order valence-electron chi connectivity index (χ3n) is 8.00. The SMILES string of the molecule is CCC[C@H]1C[C@H](CC(=O)N2C(=O)OC[C@@H]2Cc2ccccc2)N(c2ccc(OC)cc2)[C@H](C(=O)OCC)[C@H]1CO. The number of hydrogen-bond acceptors (Lipinski definition) is 8. The highest BCUT2D eigenvalue weighted by molar-refractivity contribution is 5.94. The van der Waals surface area contributed by atoms with E-state index < -0.39 is 30.2 Å². The Morgan fingerprint density at radius 2 is 1.77 bits per heavy atom. The van der Waals surface area contributed by atoms with E-state index in [-0.39, 0.29) is 44.0 Å². The molecule has 2 saturated heterocycles. The van der Waals surface area contributed by atoms with Gasteiger partial charge in [0.2, 0.25) is 5.91 Å². The maximum Gasteiger partial charge on any atom is 0.416 e. The molecule has 0 unspecified atom stereocenters. The number of carbonyl (C=O) groups excluding carboxylic acids is 3. The monoisotopic (exact) mass is 552 g/mol. The average Bonchev–Trinajstić information content (AvgIpc) is 3.33. The number of methoxy groups -OCH3 is 1. The fraction of sp³-hybridized carbons (Fsp3) is 0.516. The summed E-state index contributed by atoms with van der Waals surface area (Å²) in [6.07, 6.45) is 2.13. The minimum atomic E-state index is -0.785. The number of rotatable bonds is 11. The average molecular weight is 553 g/mol. The van der Waals surface area contributed by atoms with E-state index in [1.807, 2.05) is 47.4 Å². The molecule has 0 saturated carbocycles. The van der Waals surface area contributed by atoms with E-state index in [1.54, 1.807) is 26.2 Å². The van der Waals surface area contributed by atoms with Gasteiger partial charge in [-0.15, -0.1) is 0 Å². The quantitative estimate of drug-likeness (QED) is 0.414. The molecular formula is C31H40N2O7. The molecule has 2 heterocycles. The lowest BCUT2D eigenvalue weighted by atomic mass is 9.73. The highest BCUT2D eigenvalue weighted by Crippen LogP contribution is 2.41. The Hall–Kier alpha value is -3.59. The molecule has 2 aromatic rings. The van der Waals surface area contributed by atoms with Crippen LogP contribution < -0.4 is 9.64 Å². The zero-order valence-electron chi connectivity index (χ0n) is 23.5. The topological polar surface area (TPSA) is 106 Å². The highest BCUT2D eigenvalue weighted by atomic mass is 16.6. The number of nitrogens with zero attached hydrogens (tertiary/aromatic N) is 2. The summed E-state index contributed by atoms with van der Waals surface area (Å²) in [5, 5.41) is 10.5. The minimum Gasteiger partial charge on any atom is -0.497 e. The second kappa shape index (κ2) is 13.7. The second-order valence-corrected chi connectivity index (χ2v) is 10.5. The van der Waals surface area contributed by atoms with Crippen molar-refractivity contribution in [3.8, 4) is 5.75 Å². The normalized spacial score (nSPS) is 24.5. The first-order valence-corrected chi connectivity index (χ1v) is 14.1. The Bertz CT molecular complexity index is 1140. The molecule has 2 amide bonds. The smallest absolute Gasteiger partial charge is 0.416 e. The summed E-state index contributed by atoms with van der Waals surface area (Å²) in [7, 11) is 1.58. The van der Waals surface area contributed by atoms with E-state index in [1.165, 1.54) is 4.90 Å². The van der Waals surface area contributed by atoms with Crippen LogP contribution in [-0.4, -0.2) is 73.0 Å². The number of cyclic esters (lactones) is 1. The molecule has 4 rings (SSSR count). The van der Waals surface area contributed by atoms with Crippen LogP contribution in [-0.2, 0) is 25.5 Å². The van der Waals surface area contributed by atoms with E-state index in [4.69, 9.17) is 14.2 Å². The predicted molar refractivity (Wildman–Crippen MR) is 150 cm³/mol. The number of anilines is 1. The van der Waals surface area contributed by atoms with Crippen molar-refractivity contribution in [2.24, 2.45) is 11.8 Å². The summed E-state index contributed by atoms with van der Waals surface area (Å²) in [6.45, 7) is 3.98. The molecule has 0 radical (unpaired) electrons. The van der Waals surface area contributed by atoms with Crippen LogP contribution in [0.3, 0.4) is 0 Å². The van der Waals surface area contributed by atoms with Crippen LogP contribution >= 0.6 is 0 Å². The molecule has 40 heavy (non-hydrogen) atoms. The second-order valence-electron chi connectivity index (χ2n) is 10.5. The molecule has 2 aliphatic heterocycles. The number of aliphatic hydroxyl groups excluding tert-OH is 1. The molecule has 1 N–H and O–H groups in total. The van der Waals surface area contributed by atoms with Crippen LogP contribution in [0.1, 0.15) is 45.1 Å². The number of piperidine rings is 1. The van der Waals surface area contributed by atoms with E-state index in [0.717, 1.165) is 24.1 Å². The third kappa shape index (κ3) is 6.41. The van der Waals surface area contributed by atoms with E-state index >= 15 is 0 Å². The third-order valence-corrected chi connectivity index (χ3v) is 8.00. The van der Waals surface area contributed by atoms with Crippen LogP contribution in [0.2, 0.25) is 0 Å². The van der Waals surface area contributed by atoms with Gasteiger partial charge in [-0.2, -0.15) is 0 Å². The molecule has 0 spiro atoms. The Morgan fingerprint density at radius 3 is 2.40 bits per heavy atom. The number of aliphatic hydroxyl groups is 1. The summed E-state index contributed by atoms with van der Waals surface area (Å²) < 4.78 is 16.1. The van der Waals surface area contributed by atoms with Crippen molar-refractivity contribution in [3.63, 3.8) is 0 Å². The van der Waals surface area contributed by atoms with Gasteiger partial charge in [0, 0.05) is 30.7 Å². The molecule has 0 aromatic heterocycles. The van der Waals surface area contributed by atoms with E-state index in [0.29, 0.717) is 18.6 Å². The van der Waals surface area contributed by atoms with Gasteiger partial charge >= 0.3 is 12.1 Å². The van der Waals surface area contributed by atoms with Crippen molar-refractivity contribution in [3.05, 3.63) is 60.2 Å². The molecule has 2 aliphatic rings. The zero-order chi connectivity index (χ0) is 28.6. The largest absolute Gasteiger partial charge is 0.497 e. The molecule has 9 heteroatoms. The molecule has 2 fully saturated rings. The number of carbonyl (C=O) groups is 3. The van der Waals surface area contributed by atoms with Crippen LogP contribution in [0.25, 0.3) is 0 Å². The molecule has 0 bridgehead atoms. The van der Waals surface area contributed by atoms with Crippen molar-refractivity contribution < 1.29 is 33.7 Å². The first-order valence-electron chi connectivity index (χ1n) is 14.1. The van der Waals surface area contributed by atoms with Crippen LogP contribution in [0.5, 0.6) is 5.75 Å². The lowest BCUT2D eigenvalue weighted by Gasteiger charge is -2.49. The predicted octanol–water partition coefficient (Wildman–Crippen LogP) is 4.21. The number of esters is 1. The van der Waals surface area contributed by atoms with Crippen molar-refractivity contribution in [1.82, 2.24) is 4.90 Å². The van der Waals surface area contributed by atoms with Crippen molar-refractivity contribution >= 4 is 23.7 Å². The summed E-state index contributed by atoms with van der Waals surface area (Å²) in [6, 6.07) is 15.4. The fourth-order valence-electron chi connectivity index (χ4n) is 6.21. The van der Waals surface area contributed by atoms with Gasteiger partial charge in [0.05, 0.1) is 19.8 Å². The molecule has 216 valence electrons. The van der Waals surface area contributed by atoms with Crippen molar-refractivity contribution in [1.29, 1.82) is 0 Å². The van der Waals surface area contributed by atoms with Crippen molar-refractivity contribution in [2.75, 3.05) is 31.8 Å². The lowest BCUT2D eigenvalue weighted by molar-refractivity contribution is -0.149. The van der Waals surface area contributed by atoms with Gasteiger partial charge in [-0.3, -0.25) is 4.79 Å². The van der Waals surface area contributed by atoms with Gasteiger partial charge in [-0.05, 0) is 55.5 Å². The summed E-state index contributed by atoms with van der Waals surface area (Å²) >= 11 is 0. The zero-order valence-corrected chi connectivity index (χ0v) is 23.5. The first-order chi connectivity index (χ1) is 19.4. The van der Waals surface area contributed by atoms with Gasteiger partial charge in [-0.1, -0.05) is 50.1 Å². The Morgan fingerprint density at radius 1 is 1.05 bits per heavy atom. The fourth-order valence-corrected chi connectivity index (χ4v) is 6.21. The van der Waals surface area contributed by atoms with Gasteiger partial charge in [0.1, 0.15) is 18.4 Å². The minimum absolute atomic E-state index is 0.00218. The molecule has 5 atom stereocenters. The van der Waals surface area contributed by atoms with Gasteiger partial charge in [-0.25, -0.2) is 14.5 Å². The van der Waals surface area contributed by atoms with Gasteiger partial charge in [0.15, 0.2) is 0 Å². The van der Waals surface area contributed by atoms with Gasteiger partial charge < -0.3 is 24.2 Å². The molecule has 0 aliphatic carbocycles. The highest BCUT2D eigenvalue weighted by Gasteiger charge is 2.48. The van der Waals surface area contributed by atoms with E-state index in [9.17, 15) is 19.5 Å². The lowest BCUT2D eigenvalue weighted by Crippen LogP contribution is -2.60. The standard InChI is InChI=1S/C31H40N2O7/c1-4-9-22-17-24(18-28(35)33-25(20-40-31(33)37)16-21-10-7-6-8-11-21)32(23-12-14-26(38-3)15-13-23)29(27(22)19-34)30(36)39-5-2/h6-8,10-15,22,24-25,27,29,34H,4-5,9,16-20H2,1-3H3/t22-,24+,25-,27-,29-/m0/s1. The molecule has 2 aromatic carbocycles. The summed E-state index contributed by atoms with van der Waals surface area (Å²) in [4.78, 5) is 43.2. The maximum absolute atomic E-state index is 13.8. The number of imide groups is 1. The number of amides is 2. The van der Waals surface area contributed by atoms with Crippen molar-refractivity contribution in [2.45, 2.75) is 64.1 Å². The Balaban J connectivity index is 1.68. The molecule has 9 nitrogen and oxygen atoms in total. The molecular weight excluding hydrogens is 512 g/mol.